The fourth-order valence-electron chi connectivity index (χ4n) is 3.30. The van der Waals surface area contributed by atoms with Crippen molar-refractivity contribution < 1.29 is 14.7 Å². The second-order valence-electron chi connectivity index (χ2n) is 7.41. The summed E-state index contributed by atoms with van der Waals surface area (Å²) < 4.78 is 0. The van der Waals surface area contributed by atoms with Gasteiger partial charge in [-0.3, -0.25) is 9.59 Å². The van der Waals surface area contributed by atoms with Crippen molar-refractivity contribution in [2.75, 3.05) is 0 Å². The molecule has 28 heavy (non-hydrogen) atoms. The minimum absolute atomic E-state index is 0.0376. The van der Waals surface area contributed by atoms with Crippen molar-refractivity contribution in [1.29, 1.82) is 0 Å². The summed E-state index contributed by atoms with van der Waals surface area (Å²) in [6.07, 6.45) is 10.3. The lowest BCUT2D eigenvalue weighted by molar-refractivity contribution is 0.0977. The molecule has 0 unspecified atom stereocenters. The highest BCUT2D eigenvalue weighted by Gasteiger charge is 2.11. The van der Waals surface area contributed by atoms with E-state index in [1.54, 1.807) is 48.5 Å². The van der Waals surface area contributed by atoms with E-state index in [-0.39, 0.29) is 18.2 Å². The lowest BCUT2D eigenvalue weighted by Crippen LogP contribution is -2.04. The second kappa shape index (κ2) is 12.2. The number of hydrogen-bond donors (Lipinski definition) is 1. The van der Waals surface area contributed by atoms with Crippen molar-refractivity contribution in [3.8, 4) is 0 Å². The number of ketones is 2. The number of carbonyl (C=O) groups excluding carboxylic acids is 2. The van der Waals surface area contributed by atoms with Crippen LogP contribution in [0.4, 0.5) is 0 Å². The Bertz CT molecular complexity index is 729. The molecule has 0 saturated heterocycles. The van der Waals surface area contributed by atoms with Gasteiger partial charge in [-0.2, -0.15) is 0 Å². The molecule has 0 fully saturated rings. The maximum absolute atomic E-state index is 12.5. The van der Waals surface area contributed by atoms with Gasteiger partial charge in [0.15, 0.2) is 11.6 Å². The average Bonchev–Trinajstić information content (AvgIpc) is 2.75. The number of aliphatic hydroxyl groups excluding tert-OH is 1. The van der Waals surface area contributed by atoms with Gasteiger partial charge in [-0.05, 0) is 12.0 Å². The van der Waals surface area contributed by atoms with Crippen molar-refractivity contribution in [3.63, 3.8) is 0 Å². The SMILES string of the molecule is CCCCCCCCCCC(=O)c1ccc(C(=O)c2ccc(CO)cc2)cc1. The summed E-state index contributed by atoms with van der Waals surface area (Å²) in [6, 6.07) is 13.9. The first-order chi connectivity index (χ1) is 13.7. The van der Waals surface area contributed by atoms with Gasteiger partial charge in [-0.25, -0.2) is 0 Å². The average molecular weight is 381 g/mol. The molecule has 150 valence electrons. The summed E-state index contributed by atoms with van der Waals surface area (Å²) >= 11 is 0. The fraction of sp³-hybridized carbons (Fsp3) is 0.440. The van der Waals surface area contributed by atoms with E-state index >= 15 is 0 Å². The van der Waals surface area contributed by atoms with Crippen LogP contribution in [0.15, 0.2) is 48.5 Å². The second-order valence-corrected chi connectivity index (χ2v) is 7.41. The molecule has 2 aromatic rings. The van der Waals surface area contributed by atoms with Crippen LogP contribution in [0.3, 0.4) is 0 Å². The minimum Gasteiger partial charge on any atom is -0.392 e. The summed E-state index contributed by atoms with van der Waals surface area (Å²) in [4.78, 5) is 24.8. The smallest absolute Gasteiger partial charge is 0.193 e. The Morgan fingerprint density at radius 2 is 1.14 bits per heavy atom. The summed E-state index contributed by atoms with van der Waals surface area (Å²) in [5, 5.41) is 9.08. The van der Waals surface area contributed by atoms with Gasteiger partial charge < -0.3 is 5.11 Å². The third kappa shape index (κ3) is 7.05. The molecule has 3 heteroatoms. The summed E-state index contributed by atoms with van der Waals surface area (Å²) in [5.41, 5.74) is 2.60. The van der Waals surface area contributed by atoms with Gasteiger partial charge in [0.05, 0.1) is 6.61 Å². The van der Waals surface area contributed by atoms with E-state index in [0.717, 1.165) is 18.4 Å². The van der Waals surface area contributed by atoms with Crippen molar-refractivity contribution in [3.05, 3.63) is 70.8 Å². The molecule has 0 heterocycles. The van der Waals surface area contributed by atoms with Crippen LogP contribution < -0.4 is 0 Å². The zero-order chi connectivity index (χ0) is 20.2. The van der Waals surface area contributed by atoms with Crippen molar-refractivity contribution in [1.82, 2.24) is 0 Å². The van der Waals surface area contributed by atoms with E-state index < -0.39 is 0 Å². The van der Waals surface area contributed by atoms with Crippen LogP contribution in [0, 0.1) is 0 Å². The van der Waals surface area contributed by atoms with Gasteiger partial charge in [0, 0.05) is 23.1 Å². The third-order valence-electron chi connectivity index (χ3n) is 5.13. The van der Waals surface area contributed by atoms with Crippen molar-refractivity contribution >= 4 is 11.6 Å². The normalized spacial score (nSPS) is 10.8. The number of rotatable bonds is 13. The van der Waals surface area contributed by atoms with E-state index in [9.17, 15) is 9.59 Å². The van der Waals surface area contributed by atoms with Gasteiger partial charge in [0.2, 0.25) is 0 Å². The van der Waals surface area contributed by atoms with Crippen LogP contribution >= 0.6 is 0 Å². The molecule has 0 radical (unpaired) electrons. The lowest BCUT2D eigenvalue weighted by atomic mass is 9.98. The number of hydrogen-bond acceptors (Lipinski definition) is 3. The van der Waals surface area contributed by atoms with Gasteiger partial charge >= 0.3 is 0 Å². The molecule has 0 aliphatic heterocycles. The monoisotopic (exact) mass is 380 g/mol. The van der Waals surface area contributed by atoms with E-state index in [0.29, 0.717) is 23.1 Å². The molecule has 0 amide bonds. The first-order valence-electron chi connectivity index (χ1n) is 10.5. The highest BCUT2D eigenvalue weighted by molar-refractivity contribution is 6.09. The zero-order valence-electron chi connectivity index (χ0n) is 17.0. The number of carbonyl (C=O) groups is 2. The Balaban J connectivity index is 1.77. The van der Waals surface area contributed by atoms with Crippen LogP contribution in [0.1, 0.15) is 96.6 Å². The zero-order valence-corrected chi connectivity index (χ0v) is 17.0. The lowest BCUT2D eigenvalue weighted by Gasteiger charge is -2.05. The standard InChI is InChI=1S/C25H32O3/c1-2-3-4-5-6-7-8-9-10-24(27)21-15-17-23(18-16-21)25(28)22-13-11-20(19-26)12-14-22/h11-18,26H,2-10,19H2,1H3. The van der Waals surface area contributed by atoms with Gasteiger partial charge in [-0.1, -0.05) is 100 Å². The number of Topliss-reactive ketones (excluding diaryl/α,β-unsaturated/α-hetero) is 1. The predicted octanol–water partition coefficient (Wildman–Crippen LogP) is 6.12. The van der Waals surface area contributed by atoms with E-state index in [4.69, 9.17) is 5.11 Å². The minimum atomic E-state index is -0.0773. The number of aliphatic hydroxyl groups is 1. The maximum Gasteiger partial charge on any atom is 0.193 e. The Morgan fingerprint density at radius 3 is 1.68 bits per heavy atom. The van der Waals surface area contributed by atoms with Gasteiger partial charge in [0.25, 0.3) is 0 Å². The van der Waals surface area contributed by atoms with Gasteiger partial charge in [-0.15, -0.1) is 0 Å². The molecule has 1 N–H and O–H groups in total. The molecule has 0 aromatic heterocycles. The molecule has 0 saturated carbocycles. The molecule has 0 aliphatic rings. The molecule has 0 aliphatic carbocycles. The molecule has 0 bridgehead atoms. The topological polar surface area (TPSA) is 54.4 Å². The summed E-state index contributed by atoms with van der Waals surface area (Å²) in [5.74, 6) is 0.0730. The van der Waals surface area contributed by atoms with Crippen LogP contribution in [-0.2, 0) is 6.61 Å². The fourth-order valence-corrected chi connectivity index (χ4v) is 3.30. The first kappa shape index (κ1) is 22.0. The maximum atomic E-state index is 12.5. The molecule has 2 aromatic carbocycles. The molecule has 0 spiro atoms. The Hall–Kier alpha value is -2.26. The Morgan fingerprint density at radius 1 is 0.679 bits per heavy atom. The molecule has 2 rings (SSSR count). The molecule has 3 nitrogen and oxygen atoms in total. The Kier molecular flexibility index (Phi) is 9.64. The van der Waals surface area contributed by atoms with Crippen LogP contribution in [0.2, 0.25) is 0 Å². The van der Waals surface area contributed by atoms with E-state index in [1.807, 2.05) is 0 Å². The highest BCUT2D eigenvalue weighted by Crippen LogP contribution is 2.15. The van der Waals surface area contributed by atoms with Gasteiger partial charge in [0.1, 0.15) is 0 Å². The molecular formula is C25H32O3. The van der Waals surface area contributed by atoms with E-state index in [1.165, 1.54) is 38.5 Å². The van der Waals surface area contributed by atoms with Crippen LogP contribution in [0.5, 0.6) is 0 Å². The Labute approximate surface area is 168 Å². The highest BCUT2D eigenvalue weighted by atomic mass is 16.3. The van der Waals surface area contributed by atoms with Crippen LogP contribution in [0.25, 0.3) is 0 Å². The van der Waals surface area contributed by atoms with Crippen molar-refractivity contribution in [2.45, 2.75) is 71.3 Å². The van der Waals surface area contributed by atoms with E-state index in [2.05, 4.69) is 6.92 Å². The third-order valence-corrected chi connectivity index (χ3v) is 5.13. The summed E-state index contributed by atoms with van der Waals surface area (Å²) in [7, 11) is 0. The predicted molar refractivity (Wildman–Crippen MR) is 114 cm³/mol. The number of benzene rings is 2. The molecule has 0 atom stereocenters. The molecular weight excluding hydrogens is 348 g/mol. The number of unbranched alkanes of at least 4 members (excludes halogenated alkanes) is 7. The quantitative estimate of drug-likeness (QED) is 0.336. The summed E-state index contributed by atoms with van der Waals surface area (Å²) in [6.45, 7) is 2.19. The van der Waals surface area contributed by atoms with Crippen LogP contribution in [-0.4, -0.2) is 16.7 Å². The van der Waals surface area contributed by atoms with Crippen molar-refractivity contribution in [2.24, 2.45) is 0 Å². The largest absolute Gasteiger partial charge is 0.392 e. The first-order valence-corrected chi connectivity index (χ1v) is 10.5.